The maximum Gasteiger partial charge on any atom is 0.311 e. The third kappa shape index (κ3) is 48.1. The standard InChI is InChI=1S/C28H41F5O4.C26H49NO5.C4H9NO2/c1-28(2,3)37-21(35)19-17-15-13-11-9-7-5-4-6-8-10-12-14-16-18-20(34)36-27-25(32)23(30)22(29)24(31)26(27)33;1-26(2,3)32-25(31)21-17-15-13-11-9-7-5-4-6-8-10-12-14-16-19-23(28)27-22-18-20-24(29)30;5-3-1-2-4(6)7/h4-19H2,1-3H3;4-22H2,1-3H3,(H,27,28)(H,29,30);1-3,5H2,(H,6,7). The third-order valence-corrected chi connectivity index (χ3v) is 11.8. The van der Waals surface area contributed by atoms with Gasteiger partial charge in [0.2, 0.25) is 40.7 Å². The minimum atomic E-state index is -2.29. The first-order valence-corrected chi connectivity index (χ1v) is 28.5. The lowest BCUT2D eigenvalue weighted by Crippen LogP contribution is -2.24. The highest BCUT2D eigenvalue weighted by Crippen LogP contribution is 2.30. The SMILES string of the molecule is CC(C)(C)OC(=O)CCCCCCCCCCCCCCCCC(=O)NCCCC(=O)O.CC(C)(C)OC(=O)CCCCCCCCCCCCCCCCC(=O)Oc1c(F)c(F)c(F)c(F)c1F.NCCCC(=O)O. The topological polar surface area (TPSA) is 209 Å². The van der Waals surface area contributed by atoms with E-state index in [1.807, 2.05) is 41.5 Å². The molecule has 1 rings (SSSR count). The van der Waals surface area contributed by atoms with Crippen LogP contribution in [0, 0.1) is 29.1 Å². The van der Waals surface area contributed by atoms with Crippen LogP contribution in [0.4, 0.5) is 22.0 Å². The number of aliphatic carboxylic acids is 2. The van der Waals surface area contributed by atoms with E-state index in [4.69, 9.17) is 25.4 Å². The highest BCUT2D eigenvalue weighted by Gasteiger charge is 2.28. The van der Waals surface area contributed by atoms with Crippen molar-refractivity contribution in [2.45, 2.75) is 284 Å². The molecule has 0 unspecified atom stereocenters. The van der Waals surface area contributed by atoms with E-state index in [0.29, 0.717) is 58.0 Å². The van der Waals surface area contributed by atoms with Gasteiger partial charge in [-0.15, -0.1) is 0 Å². The van der Waals surface area contributed by atoms with Crippen molar-refractivity contribution in [2.75, 3.05) is 13.1 Å². The fourth-order valence-electron chi connectivity index (χ4n) is 7.77. The second-order valence-corrected chi connectivity index (χ2v) is 21.6. The van der Waals surface area contributed by atoms with Crippen LogP contribution in [-0.4, -0.2) is 70.3 Å². The van der Waals surface area contributed by atoms with Crippen molar-refractivity contribution in [1.29, 1.82) is 0 Å². The van der Waals surface area contributed by atoms with E-state index >= 15 is 0 Å². The van der Waals surface area contributed by atoms with Gasteiger partial charge in [-0.05, 0) is 86.6 Å². The number of carboxylic acids is 2. The number of amides is 1. The largest absolute Gasteiger partial charge is 0.481 e. The lowest BCUT2D eigenvalue weighted by molar-refractivity contribution is -0.156. The number of unbranched alkanes of at least 4 members (excludes halogenated alkanes) is 26. The second kappa shape index (κ2) is 46.7. The molecule has 18 heteroatoms. The number of hydrogen-bond acceptors (Lipinski definition) is 10. The van der Waals surface area contributed by atoms with E-state index in [1.54, 1.807) is 0 Å². The Balaban J connectivity index is 0. The van der Waals surface area contributed by atoms with Crippen molar-refractivity contribution >= 4 is 35.8 Å². The Hall–Kier alpha value is -4.35. The molecule has 0 atom stereocenters. The van der Waals surface area contributed by atoms with E-state index in [0.717, 1.165) is 70.6 Å². The molecule has 1 amide bonds. The summed E-state index contributed by atoms with van der Waals surface area (Å²) in [4.78, 5) is 66.7. The number of nitrogens with one attached hydrogen (secondary N) is 1. The number of nitrogens with two attached hydrogens (primary N) is 1. The Morgan fingerprint density at radius 1 is 0.382 bits per heavy atom. The van der Waals surface area contributed by atoms with Crippen LogP contribution in [0.25, 0.3) is 0 Å². The van der Waals surface area contributed by atoms with Crippen molar-refractivity contribution in [3.63, 3.8) is 0 Å². The molecule has 1 aromatic carbocycles. The van der Waals surface area contributed by atoms with Crippen molar-refractivity contribution in [3.8, 4) is 5.75 Å². The molecule has 0 aliphatic carbocycles. The van der Waals surface area contributed by atoms with Gasteiger partial charge < -0.3 is 35.5 Å². The Morgan fingerprint density at radius 3 is 0.921 bits per heavy atom. The first-order chi connectivity index (χ1) is 35.9. The number of hydrogen-bond donors (Lipinski definition) is 4. The highest BCUT2D eigenvalue weighted by atomic mass is 19.2. The number of halogens is 5. The fourth-order valence-corrected chi connectivity index (χ4v) is 7.77. The monoisotopic (exact) mass is 1090 g/mol. The molecule has 0 saturated heterocycles. The van der Waals surface area contributed by atoms with Crippen molar-refractivity contribution < 1.29 is 75.1 Å². The Kier molecular flexibility index (Phi) is 45.3. The number of benzene rings is 1. The lowest BCUT2D eigenvalue weighted by atomic mass is 10.0. The maximum atomic E-state index is 13.5. The molecule has 442 valence electrons. The van der Waals surface area contributed by atoms with Crippen LogP contribution in [0.2, 0.25) is 0 Å². The molecule has 76 heavy (non-hydrogen) atoms. The molecule has 1 aromatic rings. The van der Waals surface area contributed by atoms with Gasteiger partial charge in [0.05, 0.1) is 0 Å². The molecule has 0 aromatic heterocycles. The van der Waals surface area contributed by atoms with Gasteiger partial charge in [-0.3, -0.25) is 28.8 Å². The van der Waals surface area contributed by atoms with E-state index in [2.05, 4.69) is 10.1 Å². The molecule has 0 aliphatic rings. The summed E-state index contributed by atoms with van der Waals surface area (Å²) >= 11 is 0. The normalized spacial score (nSPS) is 11.2. The number of carboxylic acid groups (broad SMARTS) is 2. The van der Waals surface area contributed by atoms with Crippen LogP contribution in [-0.2, 0) is 38.2 Å². The van der Waals surface area contributed by atoms with E-state index < -0.39 is 58.3 Å². The number of rotatable bonds is 42. The van der Waals surface area contributed by atoms with Gasteiger partial charge in [0, 0.05) is 45.1 Å². The van der Waals surface area contributed by atoms with E-state index in [9.17, 15) is 50.7 Å². The first kappa shape index (κ1) is 73.7. The Bertz CT molecular complexity index is 1710. The number of carbonyl (C=O) groups excluding carboxylic acids is 4. The molecule has 0 radical (unpaired) electrons. The van der Waals surface area contributed by atoms with Crippen LogP contribution in [0.5, 0.6) is 5.75 Å². The van der Waals surface area contributed by atoms with Gasteiger partial charge in [-0.2, -0.15) is 8.78 Å². The highest BCUT2D eigenvalue weighted by molar-refractivity contribution is 5.76. The molecule has 0 bridgehead atoms. The minimum Gasteiger partial charge on any atom is -0.481 e. The lowest BCUT2D eigenvalue weighted by Gasteiger charge is -2.19. The van der Waals surface area contributed by atoms with E-state index in [1.165, 1.54) is 96.3 Å². The molecule has 0 spiro atoms. The summed E-state index contributed by atoms with van der Waals surface area (Å²) in [5.41, 5.74) is 4.22. The fraction of sp³-hybridized carbons (Fsp3) is 0.793. The Morgan fingerprint density at radius 2 is 0.645 bits per heavy atom. The van der Waals surface area contributed by atoms with Gasteiger partial charge in [0.1, 0.15) is 11.2 Å². The molecule has 0 saturated carbocycles. The number of esters is 3. The quantitative estimate of drug-likeness (QED) is 0.0120. The zero-order chi connectivity index (χ0) is 57.6. The molecule has 13 nitrogen and oxygen atoms in total. The summed E-state index contributed by atoms with van der Waals surface area (Å²) in [6.45, 7) is 12.3. The predicted octanol–water partition coefficient (Wildman–Crippen LogP) is 15.2. The van der Waals surface area contributed by atoms with Crippen molar-refractivity contribution in [3.05, 3.63) is 29.1 Å². The number of carbonyl (C=O) groups is 6. The number of ether oxygens (including phenoxy) is 3. The minimum absolute atomic E-state index is 0.0402. The van der Waals surface area contributed by atoms with Crippen molar-refractivity contribution in [1.82, 2.24) is 5.32 Å². The molecule has 5 N–H and O–H groups in total. The molecule has 0 heterocycles. The van der Waals surface area contributed by atoms with Gasteiger partial charge in [0.25, 0.3) is 0 Å². The third-order valence-electron chi connectivity index (χ3n) is 11.8. The van der Waals surface area contributed by atoms with Crippen LogP contribution >= 0.6 is 0 Å². The smallest absolute Gasteiger partial charge is 0.311 e. The predicted molar refractivity (Wildman–Crippen MR) is 287 cm³/mol. The summed E-state index contributed by atoms with van der Waals surface area (Å²) in [6.07, 6.45) is 33.9. The van der Waals surface area contributed by atoms with Gasteiger partial charge in [0.15, 0.2) is 0 Å². The summed E-state index contributed by atoms with van der Waals surface area (Å²) in [6, 6.07) is 0. The molecule has 0 fully saturated rings. The molecular formula is C58H99F5N2O11. The average molecular weight is 1100 g/mol. The van der Waals surface area contributed by atoms with Gasteiger partial charge in [-0.1, -0.05) is 154 Å². The van der Waals surface area contributed by atoms with Gasteiger partial charge >= 0.3 is 29.8 Å². The van der Waals surface area contributed by atoms with Crippen LogP contribution in [0.3, 0.4) is 0 Å². The molecular weight excluding hydrogens is 996 g/mol. The van der Waals surface area contributed by atoms with Crippen LogP contribution < -0.4 is 15.8 Å². The summed E-state index contributed by atoms with van der Waals surface area (Å²) in [5, 5.41) is 19.3. The van der Waals surface area contributed by atoms with Crippen LogP contribution in [0.15, 0.2) is 0 Å². The van der Waals surface area contributed by atoms with Crippen molar-refractivity contribution in [2.24, 2.45) is 5.73 Å². The van der Waals surface area contributed by atoms with Gasteiger partial charge in [-0.25, -0.2) is 13.2 Å². The Labute approximate surface area is 452 Å². The summed E-state index contributed by atoms with van der Waals surface area (Å²) in [7, 11) is 0. The zero-order valence-corrected chi connectivity index (χ0v) is 47.4. The zero-order valence-electron chi connectivity index (χ0n) is 47.4. The second-order valence-electron chi connectivity index (χ2n) is 21.6. The average Bonchev–Trinajstić information content (AvgIpc) is 3.33. The maximum absolute atomic E-state index is 13.5. The molecule has 0 aliphatic heterocycles. The summed E-state index contributed by atoms with van der Waals surface area (Å²) < 4.78 is 81.4. The van der Waals surface area contributed by atoms with Crippen LogP contribution in [0.1, 0.15) is 273 Å². The first-order valence-electron chi connectivity index (χ1n) is 28.5. The van der Waals surface area contributed by atoms with E-state index in [-0.39, 0.29) is 42.7 Å². The summed E-state index contributed by atoms with van der Waals surface area (Å²) in [5.74, 6) is -15.2.